The van der Waals surface area contributed by atoms with E-state index < -0.39 is 0 Å². The van der Waals surface area contributed by atoms with E-state index in [2.05, 4.69) is 40.3 Å². The first kappa shape index (κ1) is 14.2. The van der Waals surface area contributed by atoms with Gasteiger partial charge in [0, 0.05) is 11.9 Å². The molecule has 0 saturated heterocycles. The minimum atomic E-state index is 0.821. The van der Waals surface area contributed by atoms with Crippen LogP contribution in [-0.4, -0.2) is 22.3 Å². The van der Waals surface area contributed by atoms with E-state index in [1.807, 2.05) is 6.20 Å². The highest BCUT2D eigenvalue weighted by atomic mass is 32.2. The lowest BCUT2D eigenvalue weighted by Gasteiger charge is -2.03. The molecule has 0 unspecified atom stereocenters. The maximum Gasteiger partial charge on any atom is 0.0923 e. The summed E-state index contributed by atoms with van der Waals surface area (Å²) in [5.41, 5.74) is 2.51. The number of nitrogens with zero attached hydrogens (tertiary/aromatic N) is 1. The number of aryl methyl sites for hydroxylation is 2. The Balaban J connectivity index is 1.42. The third-order valence-electron chi connectivity index (χ3n) is 2.83. The molecule has 4 heteroatoms. The molecule has 0 aliphatic heterocycles. The van der Waals surface area contributed by atoms with Gasteiger partial charge in [-0.1, -0.05) is 30.3 Å². The number of H-pyrrole nitrogens is 1. The minimum Gasteiger partial charge on any atom is -0.351 e. The van der Waals surface area contributed by atoms with E-state index in [-0.39, 0.29) is 0 Å². The number of aromatic nitrogens is 2. The molecule has 0 saturated carbocycles. The van der Waals surface area contributed by atoms with Crippen molar-refractivity contribution in [1.29, 1.82) is 0 Å². The number of hydrogen-bond donors (Lipinski definition) is 1. The molecule has 102 valence electrons. The molecule has 19 heavy (non-hydrogen) atoms. The highest BCUT2D eigenvalue weighted by Gasteiger charge is 1.96. The van der Waals surface area contributed by atoms with Crippen LogP contribution in [0.3, 0.4) is 0 Å². The van der Waals surface area contributed by atoms with Crippen LogP contribution in [0.15, 0.2) is 42.9 Å². The zero-order chi connectivity index (χ0) is 13.2. The van der Waals surface area contributed by atoms with Gasteiger partial charge in [0.25, 0.3) is 0 Å². The van der Waals surface area contributed by atoms with E-state index in [9.17, 15) is 0 Å². The Kier molecular flexibility index (Phi) is 6.54. The Bertz CT molecular complexity index is 431. The summed E-state index contributed by atoms with van der Waals surface area (Å²) < 4.78 is 5.56. The van der Waals surface area contributed by atoms with E-state index >= 15 is 0 Å². The molecule has 0 amide bonds. The van der Waals surface area contributed by atoms with Crippen LogP contribution in [0.5, 0.6) is 0 Å². The first-order valence-corrected chi connectivity index (χ1v) is 7.62. The summed E-state index contributed by atoms with van der Waals surface area (Å²) >= 11 is 1.57. The molecular weight excluding hydrogens is 256 g/mol. The number of benzene rings is 1. The van der Waals surface area contributed by atoms with E-state index in [0.29, 0.717) is 0 Å². The first-order chi connectivity index (χ1) is 9.45. The summed E-state index contributed by atoms with van der Waals surface area (Å²) in [6, 6.07) is 10.5. The van der Waals surface area contributed by atoms with Gasteiger partial charge in [-0.3, -0.25) is 0 Å². The van der Waals surface area contributed by atoms with Crippen molar-refractivity contribution >= 4 is 12.0 Å². The predicted octanol–water partition coefficient (Wildman–Crippen LogP) is 3.64. The molecule has 0 aliphatic carbocycles. The SMILES string of the molecule is c1ccc(CCCOSCCCc2c[nH]cn2)cc1. The number of imidazole rings is 1. The largest absolute Gasteiger partial charge is 0.351 e. The van der Waals surface area contributed by atoms with Gasteiger partial charge in [-0.15, -0.1) is 0 Å². The maximum atomic E-state index is 5.56. The Hall–Kier alpha value is -1.26. The molecule has 1 aromatic carbocycles. The average molecular weight is 276 g/mol. The molecule has 0 spiro atoms. The number of nitrogens with one attached hydrogen (secondary N) is 1. The quantitative estimate of drug-likeness (QED) is 0.561. The average Bonchev–Trinajstić information content (AvgIpc) is 2.96. The molecule has 1 N–H and O–H groups in total. The lowest BCUT2D eigenvalue weighted by Crippen LogP contribution is -1.93. The fourth-order valence-corrected chi connectivity index (χ4v) is 2.45. The summed E-state index contributed by atoms with van der Waals surface area (Å²) in [5.74, 6) is 1.03. The van der Waals surface area contributed by atoms with E-state index in [1.165, 1.54) is 5.56 Å². The highest BCUT2D eigenvalue weighted by Crippen LogP contribution is 2.09. The predicted molar refractivity (Wildman–Crippen MR) is 80.1 cm³/mol. The van der Waals surface area contributed by atoms with Gasteiger partial charge in [0.2, 0.25) is 0 Å². The minimum absolute atomic E-state index is 0.821. The molecule has 1 heterocycles. The third-order valence-corrected chi connectivity index (χ3v) is 3.62. The molecular formula is C15H20N2OS. The summed E-state index contributed by atoms with van der Waals surface area (Å²) in [4.78, 5) is 7.16. The molecule has 0 aliphatic rings. The van der Waals surface area contributed by atoms with E-state index in [1.54, 1.807) is 18.4 Å². The van der Waals surface area contributed by atoms with Gasteiger partial charge >= 0.3 is 0 Å². The summed E-state index contributed by atoms with van der Waals surface area (Å²) in [6.07, 6.45) is 7.97. The second-order valence-corrected chi connectivity index (χ2v) is 5.28. The molecule has 2 aromatic rings. The molecule has 2 rings (SSSR count). The van der Waals surface area contributed by atoms with E-state index in [4.69, 9.17) is 4.18 Å². The van der Waals surface area contributed by atoms with Crippen molar-refractivity contribution in [3.63, 3.8) is 0 Å². The van der Waals surface area contributed by atoms with Crippen molar-refractivity contribution in [3.8, 4) is 0 Å². The topological polar surface area (TPSA) is 37.9 Å². The van der Waals surface area contributed by atoms with Gasteiger partial charge < -0.3 is 9.17 Å². The molecule has 3 nitrogen and oxygen atoms in total. The van der Waals surface area contributed by atoms with Crippen molar-refractivity contribution in [2.24, 2.45) is 0 Å². The fourth-order valence-electron chi connectivity index (χ4n) is 1.84. The monoisotopic (exact) mass is 276 g/mol. The Labute approximate surface area is 119 Å². The van der Waals surface area contributed by atoms with Gasteiger partial charge in [-0.25, -0.2) is 4.98 Å². The Morgan fingerprint density at radius 3 is 2.79 bits per heavy atom. The van der Waals surface area contributed by atoms with Crippen molar-refractivity contribution in [1.82, 2.24) is 9.97 Å². The summed E-state index contributed by atoms with van der Waals surface area (Å²) in [6.45, 7) is 0.821. The molecule has 0 fully saturated rings. The smallest absolute Gasteiger partial charge is 0.0923 e. The van der Waals surface area contributed by atoms with Crippen molar-refractivity contribution in [3.05, 3.63) is 54.1 Å². The Morgan fingerprint density at radius 1 is 1.11 bits per heavy atom. The maximum absolute atomic E-state index is 5.56. The highest BCUT2D eigenvalue weighted by molar-refractivity contribution is 7.94. The number of hydrogen-bond acceptors (Lipinski definition) is 3. The van der Waals surface area contributed by atoms with Crippen LogP contribution in [-0.2, 0) is 17.0 Å². The van der Waals surface area contributed by atoms with Crippen molar-refractivity contribution < 1.29 is 4.18 Å². The molecule has 0 bridgehead atoms. The van der Waals surface area contributed by atoms with Crippen LogP contribution < -0.4 is 0 Å². The Morgan fingerprint density at radius 2 is 2.00 bits per heavy atom. The zero-order valence-electron chi connectivity index (χ0n) is 11.0. The summed E-state index contributed by atoms with van der Waals surface area (Å²) in [7, 11) is 0. The lowest BCUT2D eigenvalue weighted by molar-refractivity contribution is 0.364. The van der Waals surface area contributed by atoms with Gasteiger partial charge in [-0.05, 0) is 43.3 Å². The molecule has 0 atom stereocenters. The van der Waals surface area contributed by atoms with Gasteiger partial charge in [-0.2, -0.15) is 0 Å². The van der Waals surface area contributed by atoms with Crippen LogP contribution in [0.2, 0.25) is 0 Å². The lowest BCUT2D eigenvalue weighted by atomic mass is 10.1. The van der Waals surface area contributed by atoms with Crippen molar-refractivity contribution in [2.45, 2.75) is 25.7 Å². The standard InChI is InChI=1S/C15H20N2OS/c1-2-6-14(7-3-1)8-4-10-18-19-11-5-9-15-12-16-13-17-15/h1-3,6-7,12-13H,4-5,8-11H2,(H,16,17). The number of aromatic amines is 1. The second kappa shape index (κ2) is 8.77. The van der Waals surface area contributed by atoms with Crippen molar-refractivity contribution in [2.75, 3.05) is 12.4 Å². The van der Waals surface area contributed by atoms with Crippen LogP contribution in [0.4, 0.5) is 0 Å². The molecule has 1 aromatic heterocycles. The fraction of sp³-hybridized carbons (Fsp3) is 0.400. The zero-order valence-corrected chi connectivity index (χ0v) is 11.9. The molecule has 0 radical (unpaired) electrons. The normalized spacial score (nSPS) is 10.7. The second-order valence-electron chi connectivity index (χ2n) is 4.40. The van der Waals surface area contributed by atoms with Crippen LogP contribution in [0.25, 0.3) is 0 Å². The van der Waals surface area contributed by atoms with Gasteiger partial charge in [0.15, 0.2) is 0 Å². The van der Waals surface area contributed by atoms with Gasteiger partial charge in [0.05, 0.1) is 18.6 Å². The van der Waals surface area contributed by atoms with Gasteiger partial charge in [0.1, 0.15) is 0 Å². The number of rotatable bonds is 9. The summed E-state index contributed by atoms with van der Waals surface area (Å²) in [5, 5.41) is 0. The first-order valence-electron chi connectivity index (χ1n) is 6.71. The van der Waals surface area contributed by atoms with E-state index in [0.717, 1.165) is 43.7 Å². The van der Waals surface area contributed by atoms with Crippen LogP contribution >= 0.6 is 12.0 Å². The van der Waals surface area contributed by atoms with Crippen LogP contribution in [0, 0.1) is 0 Å². The third kappa shape index (κ3) is 5.94. The van der Waals surface area contributed by atoms with Crippen LogP contribution in [0.1, 0.15) is 24.1 Å².